The average Bonchev–Trinajstić information content (AvgIpc) is 2.74. The van der Waals surface area contributed by atoms with Crippen LogP contribution in [0.3, 0.4) is 0 Å². The Bertz CT molecular complexity index is 861. The largest absolute Gasteiger partial charge is 0.351 e. The molecule has 3 rings (SSSR count). The Morgan fingerprint density at radius 1 is 0.821 bits per heavy atom. The molecule has 1 amide bonds. The lowest BCUT2D eigenvalue weighted by Gasteiger charge is -2.07. The van der Waals surface area contributed by atoms with Crippen LogP contribution in [0.1, 0.15) is 27.0 Å². The highest BCUT2D eigenvalue weighted by atomic mass is 32.2. The summed E-state index contributed by atoms with van der Waals surface area (Å²) in [7, 11) is 0. The quantitative estimate of drug-likeness (QED) is 0.351. The van der Waals surface area contributed by atoms with Crippen molar-refractivity contribution in [3.05, 3.63) is 101 Å². The number of aryl methyl sites for hydroxylation is 1. The maximum Gasteiger partial charge on any atom is 0.251 e. The van der Waals surface area contributed by atoms with Gasteiger partial charge in [0.25, 0.3) is 5.91 Å². The molecule has 0 aliphatic carbocycles. The second-order valence-corrected chi connectivity index (χ2v) is 8.75. The van der Waals surface area contributed by atoms with E-state index in [1.807, 2.05) is 53.9 Å². The molecule has 0 aromatic heterocycles. The minimum absolute atomic E-state index is 0.00181. The molecule has 0 saturated carbocycles. The lowest BCUT2D eigenvalue weighted by atomic mass is 10.1. The van der Waals surface area contributed by atoms with Crippen LogP contribution in [0.15, 0.2) is 83.8 Å². The summed E-state index contributed by atoms with van der Waals surface area (Å²) >= 11 is 3.64. The number of hydrogen-bond donors (Lipinski definition) is 1. The first-order valence-electron chi connectivity index (χ1n) is 9.39. The van der Waals surface area contributed by atoms with E-state index in [4.69, 9.17) is 0 Å². The molecule has 0 unspecified atom stereocenters. The summed E-state index contributed by atoms with van der Waals surface area (Å²) < 4.78 is 0. The second-order valence-electron chi connectivity index (χ2n) is 6.59. The number of hydrogen-bond acceptors (Lipinski definition) is 3. The third-order valence-electron chi connectivity index (χ3n) is 4.29. The third-order valence-corrected chi connectivity index (χ3v) is 6.40. The zero-order valence-corrected chi connectivity index (χ0v) is 17.7. The van der Waals surface area contributed by atoms with E-state index >= 15 is 0 Å². The van der Waals surface area contributed by atoms with Crippen LogP contribution in [0.25, 0.3) is 0 Å². The highest BCUT2D eigenvalue weighted by molar-refractivity contribution is 7.98. The Kier molecular flexibility index (Phi) is 8.07. The van der Waals surface area contributed by atoms with Crippen LogP contribution in [0, 0.1) is 6.92 Å². The van der Waals surface area contributed by atoms with Crippen LogP contribution < -0.4 is 5.32 Å². The summed E-state index contributed by atoms with van der Waals surface area (Å²) in [6.07, 6.45) is 0. The third kappa shape index (κ3) is 6.77. The van der Waals surface area contributed by atoms with E-state index < -0.39 is 0 Å². The Hall–Kier alpha value is -2.17. The van der Waals surface area contributed by atoms with E-state index in [0.717, 1.165) is 22.8 Å². The molecule has 0 fully saturated rings. The van der Waals surface area contributed by atoms with Crippen molar-refractivity contribution in [1.82, 2.24) is 5.32 Å². The van der Waals surface area contributed by atoms with Gasteiger partial charge in [-0.3, -0.25) is 4.79 Å². The van der Waals surface area contributed by atoms with Gasteiger partial charge in [-0.25, -0.2) is 0 Å². The van der Waals surface area contributed by atoms with E-state index in [9.17, 15) is 4.79 Å². The minimum atomic E-state index is -0.00181. The molecule has 0 spiro atoms. The molecule has 1 N–H and O–H groups in total. The van der Waals surface area contributed by atoms with Gasteiger partial charge >= 0.3 is 0 Å². The fourth-order valence-electron chi connectivity index (χ4n) is 2.66. The van der Waals surface area contributed by atoms with Gasteiger partial charge in [-0.2, -0.15) is 11.8 Å². The topological polar surface area (TPSA) is 29.1 Å². The molecule has 3 aromatic rings. The van der Waals surface area contributed by atoms with Crippen molar-refractivity contribution in [2.75, 3.05) is 12.3 Å². The smallest absolute Gasteiger partial charge is 0.251 e. The molecule has 0 atom stereocenters. The molecule has 28 heavy (non-hydrogen) atoms. The van der Waals surface area contributed by atoms with Crippen LogP contribution >= 0.6 is 23.5 Å². The van der Waals surface area contributed by atoms with E-state index in [1.165, 1.54) is 21.6 Å². The molecule has 0 heterocycles. The van der Waals surface area contributed by atoms with Crippen LogP contribution in [0.5, 0.6) is 0 Å². The van der Waals surface area contributed by atoms with Crippen molar-refractivity contribution in [1.29, 1.82) is 0 Å². The van der Waals surface area contributed by atoms with Gasteiger partial charge in [-0.15, -0.1) is 11.8 Å². The fraction of sp³-hybridized carbons (Fsp3) is 0.208. The van der Waals surface area contributed by atoms with Crippen molar-refractivity contribution in [2.24, 2.45) is 0 Å². The number of nitrogens with one attached hydrogen (secondary N) is 1. The molecule has 0 saturated heterocycles. The van der Waals surface area contributed by atoms with E-state index in [2.05, 4.69) is 60.8 Å². The summed E-state index contributed by atoms with van der Waals surface area (Å²) in [5.41, 5.74) is 4.54. The van der Waals surface area contributed by atoms with Gasteiger partial charge in [0.2, 0.25) is 0 Å². The molecule has 2 nitrogen and oxygen atoms in total. The lowest BCUT2D eigenvalue weighted by Crippen LogP contribution is -2.25. The first-order chi connectivity index (χ1) is 13.7. The SMILES string of the molecule is Cc1ccc(SCc2ccc(C(=O)NCCSCc3ccccc3)cc2)cc1. The minimum Gasteiger partial charge on any atom is -0.351 e. The van der Waals surface area contributed by atoms with Gasteiger partial charge in [-0.05, 0) is 42.3 Å². The molecule has 144 valence electrons. The molecule has 0 radical (unpaired) electrons. The molecular weight excluding hydrogens is 382 g/mol. The van der Waals surface area contributed by atoms with Gasteiger partial charge < -0.3 is 5.32 Å². The summed E-state index contributed by atoms with van der Waals surface area (Å²) in [6, 6.07) is 26.9. The first-order valence-corrected chi connectivity index (χ1v) is 11.5. The van der Waals surface area contributed by atoms with Crippen LogP contribution in [-0.2, 0) is 11.5 Å². The average molecular weight is 408 g/mol. The van der Waals surface area contributed by atoms with Crippen LogP contribution in [0.2, 0.25) is 0 Å². The van der Waals surface area contributed by atoms with Crippen LogP contribution in [-0.4, -0.2) is 18.2 Å². The van der Waals surface area contributed by atoms with Crippen molar-refractivity contribution in [2.45, 2.75) is 23.3 Å². The van der Waals surface area contributed by atoms with Crippen molar-refractivity contribution < 1.29 is 4.79 Å². The van der Waals surface area contributed by atoms with Crippen LogP contribution in [0.4, 0.5) is 0 Å². The number of carbonyl (C=O) groups is 1. The Balaban J connectivity index is 1.37. The molecule has 0 aliphatic heterocycles. The number of amides is 1. The highest BCUT2D eigenvalue weighted by Crippen LogP contribution is 2.23. The molecular formula is C24H25NOS2. The summed E-state index contributed by atoms with van der Waals surface area (Å²) in [5.74, 6) is 2.79. The van der Waals surface area contributed by atoms with E-state index in [-0.39, 0.29) is 5.91 Å². The maximum atomic E-state index is 12.3. The van der Waals surface area contributed by atoms with Gasteiger partial charge in [-0.1, -0.05) is 60.2 Å². The van der Waals surface area contributed by atoms with Crippen molar-refractivity contribution in [3.8, 4) is 0 Å². The van der Waals surface area contributed by atoms with Crippen molar-refractivity contribution in [3.63, 3.8) is 0 Å². The Labute approximate surface area is 176 Å². The molecule has 0 bridgehead atoms. The zero-order valence-electron chi connectivity index (χ0n) is 16.1. The maximum absolute atomic E-state index is 12.3. The second kappa shape index (κ2) is 11.0. The normalized spacial score (nSPS) is 10.6. The standard InChI is InChI=1S/C24H25NOS2/c1-19-7-13-23(14-8-19)28-18-21-9-11-22(12-10-21)24(26)25-15-16-27-17-20-5-3-2-4-6-20/h2-14H,15-18H2,1H3,(H,25,26). The monoisotopic (exact) mass is 407 g/mol. The van der Waals surface area contributed by atoms with Gasteiger partial charge in [0, 0.05) is 34.3 Å². The molecule has 3 aromatic carbocycles. The molecule has 0 aliphatic rings. The number of carbonyl (C=O) groups excluding carboxylic acids is 1. The lowest BCUT2D eigenvalue weighted by molar-refractivity contribution is 0.0956. The Morgan fingerprint density at radius 3 is 2.21 bits per heavy atom. The summed E-state index contributed by atoms with van der Waals surface area (Å²) in [6.45, 7) is 2.78. The predicted octanol–water partition coefficient (Wildman–Crippen LogP) is 5.95. The van der Waals surface area contributed by atoms with Gasteiger partial charge in [0.15, 0.2) is 0 Å². The number of thioether (sulfide) groups is 2. The fourth-order valence-corrected chi connectivity index (χ4v) is 4.33. The van der Waals surface area contributed by atoms with Crippen molar-refractivity contribution >= 4 is 29.4 Å². The number of rotatable bonds is 9. The van der Waals surface area contributed by atoms with E-state index in [1.54, 1.807) is 0 Å². The first kappa shape index (κ1) is 20.6. The highest BCUT2D eigenvalue weighted by Gasteiger charge is 2.05. The Morgan fingerprint density at radius 2 is 1.50 bits per heavy atom. The summed E-state index contributed by atoms with van der Waals surface area (Å²) in [4.78, 5) is 13.5. The summed E-state index contributed by atoms with van der Waals surface area (Å²) in [5, 5.41) is 3.00. The van der Waals surface area contributed by atoms with Gasteiger partial charge in [0.05, 0.1) is 0 Å². The zero-order chi connectivity index (χ0) is 19.6. The van der Waals surface area contributed by atoms with E-state index in [0.29, 0.717) is 6.54 Å². The predicted molar refractivity (Wildman–Crippen MR) is 122 cm³/mol. The van der Waals surface area contributed by atoms with Gasteiger partial charge in [0.1, 0.15) is 0 Å². The number of benzene rings is 3. The molecule has 4 heteroatoms.